The Morgan fingerprint density at radius 3 is 2.31 bits per heavy atom. The maximum atomic E-state index is 13.1. The Balaban J connectivity index is 1.22. The molecule has 5 rings (SSSR count). The third-order valence-corrected chi connectivity index (χ3v) is 7.07. The van der Waals surface area contributed by atoms with Crippen molar-refractivity contribution >= 4 is 12.0 Å². The summed E-state index contributed by atoms with van der Waals surface area (Å²) in [5.41, 5.74) is 5.52. The van der Waals surface area contributed by atoms with Crippen LogP contribution in [-0.2, 0) is 16.1 Å². The van der Waals surface area contributed by atoms with Gasteiger partial charge in [0.05, 0.1) is 14.2 Å². The Morgan fingerprint density at radius 1 is 0.944 bits per heavy atom. The molecule has 1 aliphatic heterocycles. The number of nitrogens with one attached hydrogen (secondary N) is 1. The van der Waals surface area contributed by atoms with Gasteiger partial charge in [0, 0.05) is 30.6 Å². The highest BCUT2D eigenvalue weighted by Crippen LogP contribution is 2.44. The minimum atomic E-state index is -0.551. The second kappa shape index (κ2) is 10.3. The molecule has 0 bridgehead atoms. The molecule has 2 amide bonds. The lowest BCUT2D eigenvalue weighted by Crippen LogP contribution is -2.46. The summed E-state index contributed by atoms with van der Waals surface area (Å²) < 4.78 is 16.5. The third kappa shape index (κ3) is 4.49. The topological polar surface area (TPSA) is 77.1 Å². The van der Waals surface area contributed by atoms with Crippen LogP contribution in [0, 0.1) is 0 Å². The summed E-state index contributed by atoms with van der Waals surface area (Å²) in [6, 6.07) is 21.4. The van der Waals surface area contributed by atoms with E-state index < -0.39 is 12.1 Å². The molecule has 3 aromatic rings. The fraction of sp³-hybridized carbons (Fsp3) is 0.310. The summed E-state index contributed by atoms with van der Waals surface area (Å²) in [5, 5.41) is 2.95. The molecule has 0 aromatic heterocycles. The van der Waals surface area contributed by atoms with E-state index in [9.17, 15) is 9.59 Å². The number of carbonyl (C=O) groups is 2. The van der Waals surface area contributed by atoms with Gasteiger partial charge in [-0.15, -0.1) is 0 Å². The highest BCUT2D eigenvalue weighted by Gasteiger charge is 2.36. The summed E-state index contributed by atoms with van der Waals surface area (Å²) in [6.07, 6.45) is 0.917. The van der Waals surface area contributed by atoms with E-state index in [-0.39, 0.29) is 18.4 Å². The molecule has 1 heterocycles. The van der Waals surface area contributed by atoms with Gasteiger partial charge in [-0.05, 0) is 47.2 Å². The van der Waals surface area contributed by atoms with Crippen molar-refractivity contribution in [3.05, 3.63) is 83.4 Å². The summed E-state index contributed by atoms with van der Waals surface area (Å²) in [6.45, 7) is 1.03. The number of ether oxygens (including phenoxy) is 3. The molecule has 1 saturated heterocycles. The monoisotopic (exact) mass is 486 g/mol. The van der Waals surface area contributed by atoms with Gasteiger partial charge in [-0.3, -0.25) is 9.69 Å². The number of fused-ring (bicyclic) bond motifs is 3. The maximum Gasteiger partial charge on any atom is 0.410 e. The van der Waals surface area contributed by atoms with Crippen molar-refractivity contribution in [1.29, 1.82) is 0 Å². The summed E-state index contributed by atoms with van der Waals surface area (Å²) in [4.78, 5) is 27.6. The van der Waals surface area contributed by atoms with Gasteiger partial charge >= 0.3 is 6.09 Å². The van der Waals surface area contributed by atoms with Crippen molar-refractivity contribution in [2.75, 3.05) is 27.4 Å². The summed E-state index contributed by atoms with van der Waals surface area (Å²) in [7, 11) is 3.17. The minimum Gasteiger partial charge on any atom is -0.497 e. The molecule has 186 valence electrons. The quantitative estimate of drug-likeness (QED) is 0.522. The molecule has 1 N–H and O–H groups in total. The van der Waals surface area contributed by atoms with Gasteiger partial charge in [-0.25, -0.2) is 4.79 Å². The molecular formula is C29H30N2O5. The number of rotatable bonds is 7. The van der Waals surface area contributed by atoms with Crippen molar-refractivity contribution in [2.45, 2.75) is 31.3 Å². The first kappa shape index (κ1) is 23.7. The molecule has 0 saturated carbocycles. The number of likely N-dealkylation sites (tertiary alicyclic amines) is 1. The van der Waals surface area contributed by atoms with Crippen LogP contribution in [-0.4, -0.2) is 50.3 Å². The Morgan fingerprint density at radius 2 is 1.64 bits per heavy atom. The smallest absolute Gasteiger partial charge is 0.410 e. The molecule has 0 radical (unpaired) electrons. The Labute approximate surface area is 211 Å². The van der Waals surface area contributed by atoms with Crippen molar-refractivity contribution in [1.82, 2.24) is 10.2 Å². The normalized spacial score (nSPS) is 16.3. The molecule has 1 atom stereocenters. The van der Waals surface area contributed by atoms with Gasteiger partial charge in [0.25, 0.3) is 0 Å². The predicted octanol–water partition coefficient (Wildman–Crippen LogP) is 4.73. The lowest BCUT2D eigenvalue weighted by molar-refractivity contribution is -0.125. The van der Waals surface area contributed by atoms with E-state index in [1.54, 1.807) is 25.2 Å². The zero-order chi connectivity index (χ0) is 25.1. The second-order valence-corrected chi connectivity index (χ2v) is 9.05. The molecule has 7 nitrogen and oxygen atoms in total. The van der Waals surface area contributed by atoms with E-state index in [1.807, 2.05) is 36.4 Å². The van der Waals surface area contributed by atoms with E-state index in [4.69, 9.17) is 14.2 Å². The molecule has 0 spiro atoms. The van der Waals surface area contributed by atoms with Gasteiger partial charge < -0.3 is 19.5 Å². The first-order valence-electron chi connectivity index (χ1n) is 12.2. The van der Waals surface area contributed by atoms with Crippen LogP contribution in [0.1, 0.15) is 35.4 Å². The van der Waals surface area contributed by atoms with Crippen LogP contribution in [0.15, 0.2) is 66.7 Å². The fourth-order valence-corrected chi connectivity index (χ4v) is 5.23. The molecule has 2 aliphatic rings. The van der Waals surface area contributed by atoms with Gasteiger partial charge in [0.15, 0.2) is 0 Å². The Hall–Kier alpha value is -4.00. The van der Waals surface area contributed by atoms with Crippen LogP contribution in [0.25, 0.3) is 11.1 Å². The van der Waals surface area contributed by atoms with Crippen molar-refractivity contribution in [3.63, 3.8) is 0 Å². The SMILES string of the molecule is COc1ccc(CNC(=O)[C@@H]2CCCN2C(=O)OCC2c3ccccc3-c3ccccc32)c(OC)c1. The average molecular weight is 487 g/mol. The van der Waals surface area contributed by atoms with Crippen LogP contribution in [0.4, 0.5) is 4.79 Å². The summed E-state index contributed by atoms with van der Waals surface area (Å²) >= 11 is 0. The number of carbonyl (C=O) groups excluding carboxylic acids is 2. The fourth-order valence-electron chi connectivity index (χ4n) is 5.23. The number of nitrogens with zero attached hydrogens (tertiary/aromatic N) is 1. The van der Waals surface area contributed by atoms with Crippen LogP contribution in [0.2, 0.25) is 0 Å². The lowest BCUT2D eigenvalue weighted by Gasteiger charge is -2.24. The Bertz CT molecular complexity index is 1230. The van der Waals surface area contributed by atoms with Crippen LogP contribution >= 0.6 is 0 Å². The number of amides is 2. The van der Waals surface area contributed by atoms with Gasteiger partial charge in [-0.2, -0.15) is 0 Å². The van der Waals surface area contributed by atoms with E-state index in [1.165, 1.54) is 11.1 Å². The first-order chi connectivity index (χ1) is 17.6. The third-order valence-electron chi connectivity index (χ3n) is 7.07. The van der Waals surface area contributed by atoms with Gasteiger partial charge in [0.2, 0.25) is 5.91 Å². The van der Waals surface area contributed by atoms with Gasteiger partial charge in [0.1, 0.15) is 24.1 Å². The van der Waals surface area contributed by atoms with Crippen LogP contribution < -0.4 is 14.8 Å². The largest absolute Gasteiger partial charge is 0.497 e. The molecule has 1 aliphatic carbocycles. The number of benzene rings is 3. The highest BCUT2D eigenvalue weighted by atomic mass is 16.6. The van der Waals surface area contributed by atoms with Crippen molar-refractivity contribution in [3.8, 4) is 22.6 Å². The van der Waals surface area contributed by atoms with Crippen LogP contribution in [0.3, 0.4) is 0 Å². The highest BCUT2D eigenvalue weighted by molar-refractivity contribution is 5.86. The minimum absolute atomic E-state index is 0.0150. The standard InChI is InChI=1S/C29H30N2O5/c1-34-20-14-13-19(27(16-20)35-2)17-30-28(32)26-12-7-15-31(26)29(33)36-18-25-23-10-5-3-8-21(23)22-9-4-6-11-24(22)25/h3-6,8-11,13-14,16,25-26H,7,12,15,17-18H2,1-2H3,(H,30,32)/t26-/m0/s1. The second-order valence-electron chi connectivity index (χ2n) is 9.05. The number of hydrogen-bond donors (Lipinski definition) is 1. The predicted molar refractivity (Wildman–Crippen MR) is 136 cm³/mol. The average Bonchev–Trinajstić information content (AvgIpc) is 3.54. The van der Waals surface area contributed by atoms with Crippen molar-refractivity contribution < 1.29 is 23.8 Å². The van der Waals surface area contributed by atoms with Crippen LogP contribution in [0.5, 0.6) is 11.5 Å². The van der Waals surface area contributed by atoms with E-state index in [0.717, 1.165) is 23.1 Å². The van der Waals surface area contributed by atoms with E-state index in [0.29, 0.717) is 31.0 Å². The zero-order valence-electron chi connectivity index (χ0n) is 20.5. The molecule has 36 heavy (non-hydrogen) atoms. The Kier molecular flexibility index (Phi) is 6.80. The summed E-state index contributed by atoms with van der Waals surface area (Å²) in [5.74, 6) is 1.10. The van der Waals surface area contributed by atoms with E-state index >= 15 is 0 Å². The number of hydrogen-bond acceptors (Lipinski definition) is 5. The molecule has 1 fully saturated rings. The lowest BCUT2D eigenvalue weighted by atomic mass is 9.98. The van der Waals surface area contributed by atoms with Crippen molar-refractivity contribution in [2.24, 2.45) is 0 Å². The zero-order valence-corrected chi connectivity index (χ0v) is 20.5. The molecule has 0 unspecified atom stereocenters. The number of methoxy groups -OCH3 is 2. The maximum absolute atomic E-state index is 13.1. The van der Waals surface area contributed by atoms with Gasteiger partial charge in [-0.1, -0.05) is 48.5 Å². The first-order valence-corrected chi connectivity index (χ1v) is 12.2. The molecule has 3 aromatic carbocycles. The molecule has 7 heteroatoms. The van der Waals surface area contributed by atoms with E-state index in [2.05, 4.69) is 29.6 Å². The molecular weight excluding hydrogens is 456 g/mol.